The number of benzene rings is 1. The van der Waals surface area contributed by atoms with E-state index in [1.54, 1.807) is 0 Å². The van der Waals surface area contributed by atoms with Crippen molar-refractivity contribution in [3.8, 4) is 6.07 Å². The van der Waals surface area contributed by atoms with Gasteiger partial charge in [0.2, 0.25) is 10.0 Å². The Morgan fingerprint density at radius 3 is 2.86 bits per heavy atom. The Hall–Kier alpha value is -1.09. The molecule has 2 atom stereocenters. The molecule has 1 aromatic carbocycles. The minimum atomic E-state index is -3.67. The van der Waals surface area contributed by atoms with Crippen molar-refractivity contribution in [2.24, 2.45) is 11.8 Å². The molecule has 0 spiro atoms. The molecular weight excluding hydrogens is 308 g/mol. The van der Waals surface area contributed by atoms with Crippen LogP contribution in [0.15, 0.2) is 23.1 Å². The van der Waals surface area contributed by atoms with Gasteiger partial charge in [0.15, 0.2) is 0 Å². The molecule has 6 heteroatoms. The number of sulfonamides is 1. The average Bonchev–Trinajstić information content (AvgIpc) is 2.46. The van der Waals surface area contributed by atoms with Crippen molar-refractivity contribution in [2.45, 2.75) is 37.5 Å². The summed E-state index contributed by atoms with van der Waals surface area (Å²) < 4.78 is 27.3. The first-order valence-electron chi connectivity index (χ1n) is 7.11. The predicted molar refractivity (Wildman–Crippen MR) is 82.5 cm³/mol. The average molecular weight is 327 g/mol. The lowest BCUT2D eigenvalue weighted by Gasteiger charge is -2.26. The molecule has 2 rings (SSSR count). The van der Waals surface area contributed by atoms with Crippen molar-refractivity contribution >= 4 is 21.6 Å². The summed E-state index contributed by atoms with van der Waals surface area (Å²) in [5.74, 6) is 1.03. The van der Waals surface area contributed by atoms with Crippen LogP contribution in [0, 0.1) is 23.2 Å². The van der Waals surface area contributed by atoms with Crippen molar-refractivity contribution in [1.29, 1.82) is 5.26 Å². The van der Waals surface area contributed by atoms with Crippen LogP contribution in [0.1, 0.15) is 38.2 Å². The van der Waals surface area contributed by atoms with Gasteiger partial charge in [-0.15, -0.1) is 0 Å². The van der Waals surface area contributed by atoms with Crippen LogP contribution in [0.2, 0.25) is 5.02 Å². The van der Waals surface area contributed by atoms with Crippen LogP contribution in [-0.4, -0.2) is 15.0 Å². The molecule has 2 unspecified atom stereocenters. The highest BCUT2D eigenvalue weighted by atomic mass is 35.5. The lowest BCUT2D eigenvalue weighted by Crippen LogP contribution is -2.31. The minimum Gasteiger partial charge on any atom is -0.211 e. The number of nitrogens with one attached hydrogen (secondary N) is 1. The molecule has 0 aromatic heterocycles. The Labute approximate surface area is 131 Å². The third-order valence-electron chi connectivity index (χ3n) is 3.96. The van der Waals surface area contributed by atoms with E-state index in [9.17, 15) is 8.42 Å². The van der Waals surface area contributed by atoms with Gasteiger partial charge < -0.3 is 0 Å². The van der Waals surface area contributed by atoms with E-state index in [-0.39, 0.29) is 15.5 Å². The molecular formula is C15H19ClN2O2S. The van der Waals surface area contributed by atoms with E-state index in [2.05, 4.69) is 11.6 Å². The summed E-state index contributed by atoms with van der Waals surface area (Å²) in [6.07, 6.45) is 4.48. The SMILES string of the molecule is CC1CCCC(CNS(=O)(=O)c2cc(C#N)ccc2Cl)C1. The monoisotopic (exact) mass is 326 g/mol. The molecule has 0 heterocycles. The minimum absolute atomic E-state index is 0.0212. The number of hydrogen-bond donors (Lipinski definition) is 1. The van der Waals surface area contributed by atoms with Crippen LogP contribution in [0.3, 0.4) is 0 Å². The molecule has 0 bridgehead atoms. The van der Waals surface area contributed by atoms with Gasteiger partial charge in [-0.3, -0.25) is 0 Å². The summed E-state index contributed by atoms with van der Waals surface area (Å²) in [4.78, 5) is -0.0212. The van der Waals surface area contributed by atoms with E-state index < -0.39 is 10.0 Å². The molecule has 21 heavy (non-hydrogen) atoms. The number of halogens is 1. The summed E-state index contributed by atoms with van der Waals surface area (Å²) in [5.41, 5.74) is 0.283. The van der Waals surface area contributed by atoms with Gasteiger partial charge in [0.1, 0.15) is 4.90 Å². The standard InChI is InChI=1S/C15H19ClN2O2S/c1-11-3-2-4-13(7-11)10-18-21(19,20)15-8-12(9-17)5-6-14(15)16/h5-6,8,11,13,18H,2-4,7,10H2,1H3. The highest BCUT2D eigenvalue weighted by Crippen LogP contribution is 2.29. The first kappa shape index (κ1) is 16.3. The maximum Gasteiger partial charge on any atom is 0.242 e. The zero-order valence-corrected chi connectivity index (χ0v) is 13.5. The molecule has 1 aliphatic rings. The van der Waals surface area contributed by atoms with E-state index in [4.69, 9.17) is 16.9 Å². The molecule has 1 aliphatic carbocycles. The summed E-state index contributed by atoms with van der Waals surface area (Å²) >= 11 is 5.95. The number of nitriles is 1. The second-order valence-corrected chi connectivity index (χ2v) is 7.89. The van der Waals surface area contributed by atoms with Crippen molar-refractivity contribution < 1.29 is 8.42 Å². The Morgan fingerprint density at radius 2 is 2.19 bits per heavy atom. The van der Waals surface area contributed by atoms with Crippen LogP contribution in [0.25, 0.3) is 0 Å². The van der Waals surface area contributed by atoms with Gasteiger partial charge in [-0.2, -0.15) is 5.26 Å². The van der Waals surface area contributed by atoms with E-state index in [1.807, 2.05) is 6.07 Å². The zero-order valence-electron chi connectivity index (χ0n) is 12.0. The van der Waals surface area contributed by atoms with Gasteiger partial charge in [0.05, 0.1) is 16.7 Å². The molecule has 0 aliphatic heterocycles. The van der Waals surface area contributed by atoms with Gasteiger partial charge in [-0.1, -0.05) is 31.4 Å². The fourth-order valence-corrected chi connectivity index (χ4v) is 4.47. The normalized spacial score (nSPS) is 22.7. The third-order valence-corrected chi connectivity index (χ3v) is 5.86. The molecule has 4 nitrogen and oxygen atoms in total. The number of hydrogen-bond acceptors (Lipinski definition) is 3. The van der Waals surface area contributed by atoms with Gasteiger partial charge in [-0.25, -0.2) is 13.1 Å². The molecule has 1 aromatic rings. The summed E-state index contributed by atoms with van der Waals surface area (Å²) in [7, 11) is -3.67. The second kappa shape index (κ2) is 6.78. The Bertz CT molecular complexity index is 652. The molecule has 0 radical (unpaired) electrons. The Balaban J connectivity index is 2.10. The second-order valence-electron chi connectivity index (χ2n) is 5.75. The van der Waals surface area contributed by atoms with Crippen LogP contribution >= 0.6 is 11.6 Å². The molecule has 1 fully saturated rings. The Kier molecular flexibility index (Phi) is 5.26. The largest absolute Gasteiger partial charge is 0.242 e. The Morgan fingerprint density at radius 1 is 1.43 bits per heavy atom. The summed E-state index contributed by atoms with van der Waals surface area (Å²) in [6, 6.07) is 6.19. The van der Waals surface area contributed by atoms with Crippen LogP contribution < -0.4 is 4.72 Å². The van der Waals surface area contributed by atoms with Crippen molar-refractivity contribution in [3.05, 3.63) is 28.8 Å². The van der Waals surface area contributed by atoms with Crippen molar-refractivity contribution in [2.75, 3.05) is 6.54 Å². The smallest absolute Gasteiger partial charge is 0.211 e. The molecule has 114 valence electrons. The maximum absolute atomic E-state index is 12.3. The topological polar surface area (TPSA) is 70.0 Å². The summed E-state index contributed by atoms with van der Waals surface area (Å²) in [5, 5.41) is 9.01. The van der Waals surface area contributed by atoms with E-state index in [0.717, 1.165) is 19.3 Å². The fourth-order valence-electron chi connectivity index (χ4n) is 2.83. The van der Waals surface area contributed by atoms with Crippen molar-refractivity contribution in [3.63, 3.8) is 0 Å². The first-order valence-corrected chi connectivity index (χ1v) is 8.98. The van der Waals surface area contributed by atoms with E-state index in [0.29, 0.717) is 18.4 Å². The maximum atomic E-state index is 12.3. The van der Waals surface area contributed by atoms with Crippen LogP contribution in [-0.2, 0) is 10.0 Å². The third kappa shape index (κ3) is 4.19. The first-order chi connectivity index (χ1) is 9.92. The predicted octanol–water partition coefficient (Wildman–Crippen LogP) is 3.32. The van der Waals surface area contributed by atoms with Gasteiger partial charge in [0.25, 0.3) is 0 Å². The highest BCUT2D eigenvalue weighted by molar-refractivity contribution is 7.89. The lowest BCUT2D eigenvalue weighted by atomic mass is 9.83. The van der Waals surface area contributed by atoms with Gasteiger partial charge in [0, 0.05) is 6.54 Å². The van der Waals surface area contributed by atoms with E-state index in [1.165, 1.54) is 24.6 Å². The van der Waals surface area contributed by atoms with Crippen LogP contribution in [0.5, 0.6) is 0 Å². The number of nitrogens with zero attached hydrogens (tertiary/aromatic N) is 1. The van der Waals surface area contributed by atoms with E-state index >= 15 is 0 Å². The molecule has 0 saturated heterocycles. The fraction of sp³-hybridized carbons (Fsp3) is 0.533. The quantitative estimate of drug-likeness (QED) is 0.922. The molecule has 0 amide bonds. The number of rotatable bonds is 4. The van der Waals surface area contributed by atoms with Crippen molar-refractivity contribution in [1.82, 2.24) is 4.72 Å². The zero-order chi connectivity index (χ0) is 15.5. The molecule has 1 saturated carbocycles. The lowest BCUT2D eigenvalue weighted by molar-refractivity contribution is 0.283. The highest BCUT2D eigenvalue weighted by Gasteiger charge is 2.23. The van der Waals surface area contributed by atoms with Gasteiger partial charge in [-0.05, 0) is 42.9 Å². The van der Waals surface area contributed by atoms with Crippen LogP contribution in [0.4, 0.5) is 0 Å². The summed E-state index contributed by atoms with van der Waals surface area (Å²) in [6.45, 7) is 2.63. The molecule has 1 N–H and O–H groups in total. The van der Waals surface area contributed by atoms with Gasteiger partial charge >= 0.3 is 0 Å².